The third-order valence-electron chi connectivity index (χ3n) is 2.48. The Hall–Kier alpha value is -2.43. The molecule has 0 fully saturated rings. The van der Waals surface area contributed by atoms with Crippen molar-refractivity contribution in [1.29, 1.82) is 0 Å². The highest BCUT2D eigenvalue weighted by atomic mass is 19.1. The summed E-state index contributed by atoms with van der Waals surface area (Å²) in [7, 11) is 1.39. The third-order valence-corrected chi connectivity index (χ3v) is 2.48. The number of benzene rings is 1. The lowest BCUT2D eigenvalue weighted by Crippen LogP contribution is -2.02. The first-order valence-corrected chi connectivity index (χ1v) is 5.15. The molecule has 1 aromatic heterocycles. The molecule has 18 heavy (non-hydrogen) atoms. The van der Waals surface area contributed by atoms with Crippen LogP contribution in [-0.4, -0.2) is 23.2 Å². The van der Waals surface area contributed by atoms with Gasteiger partial charge >= 0.3 is 5.97 Å². The highest BCUT2D eigenvalue weighted by Crippen LogP contribution is 2.27. The van der Waals surface area contributed by atoms with Gasteiger partial charge in [0.05, 0.1) is 12.7 Å². The van der Waals surface area contributed by atoms with Crippen molar-refractivity contribution in [1.82, 2.24) is 4.98 Å². The van der Waals surface area contributed by atoms with E-state index >= 15 is 0 Å². The van der Waals surface area contributed by atoms with Gasteiger partial charge in [0, 0.05) is 23.4 Å². The van der Waals surface area contributed by atoms with E-state index in [1.165, 1.54) is 37.6 Å². The zero-order chi connectivity index (χ0) is 13.1. The predicted molar refractivity (Wildman–Crippen MR) is 63.1 cm³/mol. The Balaban J connectivity index is 2.64. The summed E-state index contributed by atoms with van der Waals surface area (Å²) in [5.41, 5.74) is 0.374. The summed E-state index contributed by atoms with van der Waals surface area (Å²) in [6.07, 6.45) is 1.29. The van der Waals surface area contributed by atoms with Crippen LogP contribution in [0.5, 0.6) is 5.88 Å². The number of aromatic nitrogens is 1. The van der Waals surface area contributed by atoms with Gasteiger partial charge in [-0.05, 0) is 6.07 Å². The smallest absolute Gasteiger partial charge is 0.336 e. The van der Waals surface area contributed by atoms with Crippen LogP contribution in [0.3, 0.4) is 0 Å². The van der Waals surface area contributed by atoms with E-state index in [4.69, 9.17) is 9.84 Å². The Morgan fingerprint density at radius 3 is 2.67 bits per heavy atom. The van der Waals surface area contributed by atoms with Gasteiger partial charge in [-0.1, -0.05) is 18.2 Å². The zero-order valence-electron chi connectivity index (χ0n) is 9.55. The number of carboxylic acid groups (broad SMARTS) is 1. The van der Waals surface area contributed by atoms with Crippen molar-refractivity contribution in [3.63, 3.8) is 0 Å². The average Bonchev–Trinajstić information content (AvgIpc) is 2.38. The molecular weight excluding hydrogens is 237 g/mol. The Labute approximate surface area is 103 Å². The molecule has 92 valence electrons. The molecule has 0 aliphatic heterocycles. The standard InChI is InChI=1S/C13H10FNO3/c1-18-12-6-9(13(16)17)10(7-15-12)8-4-2-3-5-11(8)14/h2-7H,1H3,(H,16,17). The van der Waals surface area contributed by atoms with Crippen LogP contribution in [0, 0.1) is 5.82 Å². The van der Waals surface area contributed by atoms with Crippen molar-refractivity contribution in [3.8, 4) is 17.0 Å². The van der Waals surface area contributed by atoms with Crippen LogP contribution in [0.4, 0.5) is 4.39 Å². The van der Waals surface area contributed by atoms with E-state index in [2.05, 4.69) is 4.98 Å². The van der Waals surface area contributed by atoms with E-state index in [1.54, 1.807) is 6.07 Å². The molecule has 1 aromatic carbocycles. The number of carbonyl (C=O) groups is 1. The molecule has 2 aromatic rings. The van der Waals surface area contributed by atoms with Crippen LogP contribution < -0.4 is 4.74 Å². The van der Waals surface area contributed by atoms with Gasteiger partial charge in [0.2, 0.25) is 5.88 Å². The lowest BCUT2D eigenvalue weighted by atomic mass is 10.0. The summed E-state index contributed by atoms with van der Waals surface area (Å²) >= 11 is 0. The molecule has 0 aliphatic rings. The predicted octanol–water partition coefficient (Wildman–Crippen LogP) is 2.59. The first-order valence-electron chi connectivity index (χ1n) is 5.15. The van der Waals surface area contributed by atoms with E-state index < -0.39 is 11.8 Å². The van der Waals surface area contributed by atoms with Crippen LogP contribution in [0.2, 0.25) is 0 Å². The number of ether oxygens (including phenoxy) is 1. The maximum absolute atomic E-state index is 13.6. The van der Waals surface area contributed by atoms with Crippen molar-refractivity contribution in [2.24, 2.45) is 0 Å². The SMILES string of the molecule is COc1cc(C(=O)O)c(-c2ccccc2F)cn1. The Bertz CT molecular complexity index is 599. The van der Waals surface area contributed by atoms with Gasteiger partial charge in [-0.3, -0.25) is 0 Å². The zero-order valence-corrected chi connectivity index (χ0v) is 9.55. The quantitative estimate of drug-likeness (QED) is 0.905. The Kier molecular flexibility index (Phi) is 3.23. The molecule has 0 atom stereocenters. The highest BCUT2D eigenvalue weighted by Gasteiger charge is 2.16. The molecule has 4 nitrogen and oxygen atoms in total. The number of hydrogen-bond acceptors (Lipinski definition) is 3. The van der Waals surface area contributed by atoms with Crippen LogP contribution in [0.25, 0.3) is 11.1 Å². The van der Waals surface area contributed by atoms with Crippen LogP contribution in [0.15, 0.2) is 36.5 Å². The summed E-state index contributed by atoms with van der Waals surface area (Å²) in [6, 6.07) is 7.21. The van der Waals surface area contributed by atoms with Crippen molar-refractivity contribution in [2.75, 3.05) is 7.11 Å². The minimum Gasteiger partial charge on any atom is -0.481 e. The molecule has 0 saturated carbocycles. The van der Waals surface area contributed by atoms with Gasteiger partial charge in [0.25, 0.3) is 0 Å². The number of rotatable bonds is 3. The van der Waals surface area contributed by atoms with Crippen LogP contribution >= 0.6 is 0 Å². The number of pyridine rings is 1. The van der Waals surface area contributed by atoms with E-state index in [0.29, 0.717) is 0 Å². The molecule has 0 unspecified atom stereocenters. The van der Waals surface area contributed by atoms with Gasteiger partial charge in [0.15, 0.2) is 0 Å². The minimum absolute atomic E-state index is 0.0491. The average molecular weight is 247 g/mol. The topological polar surface area (TPSA) is 59.4 Å². The van der Waals surface area contributed by atoms with Gasteiger partial charge in [0.1, 0.15) is 5.82 Å². The molecule has 0 bridgehead atoms. The fraction of sp³-hybridized carbons (Fsp3) is 0.0769. The third kappa shape index (κ3) is 2.15. The van der Waals surface area contributed by atoms with Gasteiger partial charge < -0.3 is 9.84 Å². The van der Waals surface area contributed by atoms with E-state index in [0.717, 1.165) is 0 Å². The molecule has 0 radical (unpaired) electrons. The second kappa shape index (κ2) is 4.83. The normalized spacial score (nSPS) is 10.1. The van der Waals surface area contributed by atoms with Crippen LogP contribution in [0.1, 0.15) is 10.4 Å². The number of nitrogens with zero attached hydrogens (tertiary/aromatic N) is 1. The minimum atomic E-state index is -1.16. The van der Waals surface area contributed by atoms with Crippen molar-refractivity contribution in [3.05, 3.63) is 47.9 Å². The Morgan fingerprint density at radius 2 is 2.06 bits per heavy atom. The van der Waals surface area contributed by atoms with E-state index in [-0.39, 0.29) is 22.6 Å². The molecule has 0 amide bonds. The Morgan fingerprint density at radius 1 is 1.33 bits per heavy atom. The lowest BCUT2D eigenvalue weighted by Gasteiger charge is -2.08. The summed E-state index contributed by atoms with van der Waals surface area (Å²) in [6.45, 7) is 0. The monoisotopic (exact) mass is 247 g/mol. The maximum atomic E-state index is 13.6. The summed E-state index contributed by atoms with van der Waals surface area (Å²) < 4.78 is 18.5. The first kappa shape index (κ1) is 12.0. The number of aromatic carboxylic acids is 1. The van der Waals surface area contributed by atoms with Crippen molar-refractivity contribution in [2.45, 2.75) is 0 Å². The molecule has 5 heteroatoms. The van der Waals surface area contributed by atoms with Crippen molar-refractivity contribution < 1.29 is 19.0 Å². The van der Waals surface area contributed by atoms with Gasteiger partial charge in [-0.2, -0.15) is 0 Å². The fourth-order valence-electron chi connectivity index (χ4n) is 1.62. The van der Waals surface area contributed by atoms with E-state index in [1.807, 2.05) is 0 Å². The summed E-state index contributed by atoms with van der Waals surface area (Å²) in [4.78, 5) is 15.1. The van der Waals surface area contributed by atoms with Gasteiger partial charge in [-0.25, -0.2) is 14.2 Å². The second-order valence-corrected chi connectivity index (χ2v) is 3.56. The molecule has 2 rings (SSSR count). The number of halogens is 1. The second-order valence-electron chi connectivity index (χ2n) is 3.56. The number of carboxylic acids is 1. The van der Waals surface area contributed by atoms with Crippen molar-refractivity contribution >= 4 is 5.97 Å². The van der Waals surface area contributed by atoms with Crippen LogP contribution in [-0.2, 0) is 0 Å². The highest BCUT2D eigenvalue weighted by molar-refractivity contribution is 5.96. The van der Waals surface area contributed by atoms with Gasteiger partial charge in [-0.15, -0.1) is 0 Å². The molecule has 1 N–H and O–H groups in total. The molecular formula is C13H10FNO3. The molecule has 0 saturated heterocycles. The van der Waals surface area contributed by atoms with E-state index in [9.17, 15) is 9.18 Å². The fourth-order valence-corrected chi connectivity index (χ4v) is 1.62. The number of hydrogen-bond donors (Lipinski definition) is 1. The largest absolute Gasteiger partial charge is 0.481 e. The first-order chi connectivity index (χ1) is 8.63. The number of methoxy groups -OCH3 is 1. The molecule has 1 heterocycles. The molecule has 0 aliphatic carbocycles. The lowest BCUT2D eigenvalue weighted by molar-refractivity contribution is 0.0697. The maximum Gasteiger partial charge on any atom is 0.336 e. The summed E-state index contributed by atoms with van der Waals surface area (Å²) in [5.74, 6) is -1.48. The molecule has 0 spiro atoms. The summed E-state index contributed by atoms with van der Waals surface area (Å²) in [5, 5.41) is 9.13.